The van der Waals surface area contributed by atoms with E-state index in [0.717, 1.165) is 0 Å². The quantitative estimate of drug-likeness (QED) is 0.0587. The van der Waals surface area contributed by atoms with Crippen molar-refractivity contribution in [2.45, 2.75) is 70.1 Å². The summed E-state index contributed by atoms with van der Waals surface area (Å²) in [6.07, 6.45) is 0.143. The van der Waals surface area contributed by atoms with Crippen molar-refractivity contribution in [1.29, 1.82) is 0 Å². The molecule has 0 aliphatic heterocycles. The van der Waals surface area contributed by atoms with Gasteiger partial charge in [-0.2, -0.15) is 0 Å². The Labute approximate surface area is 231 Å². The molecule has 5 atom stereocenters. The minimum atomic E-state index is -1.71. The average molecular weight is 566 g/mol. The SMILES string of the molecule is CCC(C)C(NC(=O)C(Cc1ccc(O)cc1)NC(=O)C(N)CCCN=C(N)N)C(=O)NC(CC(=O)O)C(=O)O. The van der Waals surface area contributed by atoms with Crippen molar-refractivity contribution in [2.24, 2.45) is 28.1 Å². The first-order valence-corrected chi connectivity index (χ1v) is 12.7. The van der Waals surface area contributed by atoms with Crippen LogP contribution in [0.3, 0.4) is 0 Å². The number of phenols is 1. The fraction of sp³-hybridized carbons (Fsp3) is 0.520. The number of aromatic hydroxyl groups is 1. The highest BCUT2D eigenvalue weighted by molar-refractivity contribution is 5.95. The Hall–Kier alpha value is -4.40. The standard InChI is InChI=1S/C25H39N7O8/c1-3-13(2)20(23(38)31-18(24(39)40)12-19(34)35)32-22(37)17(11-14-6-8-15(33)9-7-14)30-21(36)16(26)5-4-10-29-25(27)28/h6-9,13,16-18,20,33H,3-5,10-12,26H2,1-2H3,(H,30,36)(H,31,38)(H,32,37)(H,34,35)(H,39,40)(H4,27,28,29). The van der Waals surface area contributed by atoms with Gasteiger partial charge in [-0.05, 0) is 36.5 Å². The van der Waals surface area contributed by atoms with Crippen LogP contribution in [0.4, 0.5) is 0 Å². The van der Waals surface area contributed by atoms with Gasteiger partial charge in [-0.1, -0.05) is 32.4 Å². The van der Waals surface area contributed by atoms with Gasteiger partial charge in [0.1, 0.15) is 23.9 Å². The smallest absolute Gasteiger partial charge is 0.326 e. The number of amides is 3. The Morgan fingerprint density at radius 3 is 2.05 bits per heavy atom. The first-order chi connectivity index (χ1) is 18.7. The zero-order valence-electron chi connectivity index (χ0n) is 22.5. The molecule has 0 fully saturated rings. The van der Waals surface area contributed by atoms with Crippen molar-refractivity contribution in [1.82, 2.24) is 16.0 Å². The van der Waals surface area contributed by atoms with E-state index in [1.165, 1.54) is 12.1 Å². The molecule has 0 heterocycles. The predicted octanol–water partition coefficient (Wildman–Crippen LogP) is -1.62. The molecule has 0 saturated carbocycles. The maximum Gasteiger partial charge on any atom is 0.326 e. The Kier molecular flexibility index (Phi) is 13.9. The molecule has 1 aromatic rings. The van der Waals surface area contributed by atoms with Crippen LogP contribution in [0.25, 0.3) is 0 Å². The van der Waals surface area contributed by atoms with Gasteiger partial charge in [-0.15, -0.1) is 0 Å². The molecule has 5 unspecified atom stereocenters. The molecule has 15 heteroatoms. The normalized spacial score (nSPS) is 14.5. The maximum absolute atomic E-state index is 13.4. The first kappa shape index (κ1) is 33.6. The highest BCUT2D eigenvalue weighted by Crippen LogP contribution is 2.14. The number of rotatable bonds is 17. The molecule has 1 aromatic carbocycles. The second-order valence-electron chi connectivity index (χ2n) is 9.36. The van der Waals surface area contributed by atoms with Crippen LogP contribution in [0.15, 0.2) is 29.3 Å². The topological polar surface area (TPSA) is 273 Å². The summed E-state index contributed by atoms with van der Waals surface area (Å²) in [5, 5.41) is 35.2. The molecular weight excluding hydrogens is 526 g/mol. The zero-order valence-corrected chi connectivity index (χ0v) is 22.5. The van der Waals surface area contributed by atoms with Crippen LogP contribution in [0.5, 0.6) is 5.75 Å². The number of carboxylic acids is 2. The fourth-order valence-electron chi connectivity index (χ4n) is 3.60. The third-order valence-electron chi connectivity index (χ3n) is 6.10. The molecule has 15 nitrogen and oxygen atoms in total. The highest BCUT2D eigenvalue weighted by atomic mass is 16.4. The number of aliphatic carboxylic acids is 2. The number of carbonyl (C=O) groups excluding carboxylic acids is 3. The largest absolute Gasteiger partial charge is 0.508 e. The molecular formula is C25H39N7O8. The van der Waals surface area contributed by atoms with E-state index < -0.39 is 66.2 Å². The Morgan fingerprint density at radius 2 is 1.52 bits per heavy atom. The molecule has 0 aliphatic carbocycles. The minimum Gasteiger partial charge on any atom is -0.508 e. The lowest BCUT2D eigenvalue weighted by Gasteiger charge is -2.28. The molecule has 0 radical (unpaired) electrons. The number of guanidine groups is 1. The monoisotopic (exact) mass is 565 g/mol. The number of carboxylic acid groups (broad SMARTS) is 2. The minimum absolute atomic E-state index is 0.000523. The summed E-state index contributed by atoms with van der Waals surface area (Å²) in [7, 11) is 0. The summed E-state index contributed by atoms with van der Waals surface area (Å²) in [4.78, 5) is 65.5. The summed E-state index contributed by atoms with van der Waals surface area (Å²) >= 11 is 0. The van der Waals surface area contributed by atoms with Crippen LogP contribution in [0.2, 0.25) is 0 Å². The number of hydrogen-bond donors (Lipinski definition) is 9. The summed E-state index contributed by atoms with van der Waals surface area (Å²) in [6.45, 7) is 3.66. The lowest BCUT2D eigenvalue weighted by molar-refractivity contribution is -0.147. The average Bonchev–Trinajstić information content (AvgIpc) is 2.88. The van der Waals surface area contributed by atoms with Crippen LogP contribution >= 0.6 is 0 Å². The van der Waals surface area contributed by atoms with Crippen LogP contribution in [-0.4, -0.2) is 81.7 Å². The van der Waals surface area contributed by atoms with Gasteiger partial charge in [-0.3, -0.25) is 24.2 Å². The fourth-order valence-corrected chi connectivity index (χ4v) is 3.60. The van der Waals surface area contributed by atoms with Gasteiger partial charge < -0.3 is 48.5 Å². The summed E-state index contributed by atoms with van der Waals surface area (Å²) in [5.41, 5.74) is 17.1. The third kappa shape index (κ3) is 12.0. The number of aliphatic imine (C=N–C) groups is 1. The zero-order chi connectivity index (χ0) is 30.4. The summed E-state index contributed by atoms with van der Waals surface area (Å²) in [5.74, 6) is -5.83. The molecule has 1 rings (SSSR count). The number of nitrogens with one attached hydrogen (secondary N) is 3. The highest BCUT2D eigenvalue weighted by Gasteiger charge is 2.33. The number of nitrogens with zero attached hydrogens (tertiary/aromatic N) is 1. The van der Waals surface area contributed by atoms with Gasteiger partial charge in [0.15, 0.2) is 5.96 Å². The number of nitrogens with two attached hydrogens (primary N) is 3. The third-order valence-corrected chi connectivity index (χ3v) is 6.10. The van der Waals surface area contributed by atoms with E-state index >= 15 is 0 Å². The molecule has 12 N–H and O–H groups in total. The van der Waals surface area contributed by atoms with Gasteiger partial charge >= 0.3 is 11.9 Å². The second kappa shape index (κ2) is 16.5. The Bertz CT molecular complexity index is 1060. The van der Waals surface area contributed by atoms with Gasteiger partial charge in [0, 0.05) is 13.0 Å². The number of phenolic OH excluding ortho intramolecular Hbond substituents is 1. The van der Waals surface area contributed by atoms with Gasteiger partial charge in [0.2, 0.25) is 17.7 Å². The van der Waals surface area contributed by atoms with Gasteiger partial charge in [0.25, 0.3) is 0 Å². The molecule has 0 bridgehead atoms. The number of benzene rings is 1. The predicted molar refractivity (Wildman–Crippen MR) is 145 cm³/mol. The van der Waals surface area contributed by atoms with Crippen molar-refractivity contribution in [3.63, 3.8) is 0 Å². The molecule has 0 aromatic heterocycles. The van der Waals surface area contributed by atoms with Crippen molar-refractivity contribution in [3.05, 3.63) is 29.8 Å². The van der Waals surface area contributed by atoms with Crippen molar-refractivity contribution in [3.8, 4) is 5.75 Å². The van der Waals surface area contributed by atoms with E-state index in [1.807, 2.05) is 0 Å². The van der Waals surface area contributed by atoms with Crippen LogP contribution in [0, 0.1) is 5.92 Å². The van der Waals surface area contributed by atoms with Crippen molar-refractivity contribution in [2.75, 3.05) is 6.54 Å². The molecule has 0 aliphatic rings. The van der Waals surface area contributed by atoms with Crippen LogP contribution in [0.1, 0.15) is 45.1 Å². The van der Waals surface area contributed by atoms with E-state index in [2.05, 4.69) is 20.9 Å². The first-order valence-electron chi connectivity index (χ1n) is 12.7. The molecule has 0 spiro atoms. The van der Waals surface area contributed by atoms with Gasteiger partial charge in [0.05, 0.1) is 12.5 Å². The maximum atomic E-state index is 13.4. The second-order valence-corrected chi connectivity index (χ2v) is 9.36. The molecule has 0 saturated heterocycles. The van der Waals surface area contributed by atoms with Crippen LogP contribution < -0.4 is 33.2 Å². The van der Waals surface area contributed by atoms with E-state index in [1.54, 1.807) is 26.0 Å². The van der Waals surface area contributed by atoms with E-state index in [0.29, 0.717) is 18.4 Å². The number of hydrogen-bond acceptors (Lipinski definition) is 8. The molecule has 3 amide bonds. The van der Waals surface area contributed by atoms with Crippen molar-refractivity contribution < 1.29 is 39.3 Å². The van der Waals surface area contributed by atoms with Crippen molar-refractivity contribution >= 4 is 35.6 Å². The van der Waals surface area contributed by atoms with E-state index in [-0.39, 0.29) is 31.1 Å². The lowest BCUT2D eigenvalue weighted by atomic mass is 9.96. The number of carbonyl (C=O) groups is 5. The Morgan fingerprint density at radius 1 is 0.925 bits per heavy atom. The summed E-state index contributed by atoms with van der Waals surface area (Å²) < 4.78 is 0. The van der Waals surface area contributed by atoms with E-state index in [9.17, 15) is 34.2 Å². The molecule has 222 valence electrons. The lowest BCUT2D eigenvalue weighted by Crippen LogP contribution is -2.59. The van der Waals surface area contributed by atoms with E-state index in [4.69, 9.17) is 22.3 Å². The Balaban J connectivity index is 3.12. The van der Waals surface area contributed by atoms with Crippen LogP contribution in [-0.2, 0) is 30.4 Å². The van der Waals surface area contributed by atoms with Gasteiger partial charge in [-0.25, -0.2) is 4.79 Å². The molecule has 40 heavy (non-hydrogen) atoms. The summed E-state index contributed by atoms with van der Waals surface area (Å²) in [6, 6.07) is 0.785.